The van der Waals surface area contributed by atoms with Gasteiger partial charge in [-0.25, -0.2) is 12.8 Å². The van der Waals surface area contributed by atoms with Gasteiger partial charge in [0.15, 0.2) is 4.90 Å². The molecule has 0 heterocycles. The lowest BCUT2D eigenvalue weighted by Gasteiger charge is -2.20. The lowest BCUT2D eigenvalue weighted by molar-refractivity contribution is -0.387. The number of sulfonamides is 1. The summed E-state index contributed by atoms with van der Waals surface area (Å²) in [6.07, 6.45) is 0. The van der Waals surface area contributed by atoms with Crippen LogP contribution in [-0.2, 0) is 10.0 Å². The molecule has 116 valence electrons. The summed E-state index contributed by atoms with van der Waals surface area (Å²) in [5.74, 6) is -0.732. The molecule has 0 saturated carbocycles. The van der Waals surface area contributed by atoms with Gasteiger partial charge >= 0.3 is 0 Å². The van der Waals surface area contributed by atoms with Gasteiger partial charge in [0.1, 0.15) is 5.82 Å². The van der Waals surface area contributed by atoms with E-state index in [0.29, 0.717) is 4.31 Å². The Morgan fingerprint density at radius 2 is 1.77 bits per heavy atom. The molecule has 0 radical (unpaired) electrons. The summed E-state index contributed by atoms with van der Waals surface area (Å²) in [4.78, 5) is 9.89. The van der Waals surface area contributed by atoms with Crippen LogP contribution in [0.15, 0.2) is 47.4 Å². The quantitative estimate of drug-likeness (QED) is 0.640. The zero-order valence-electron chi connectivity index (χ0n) is 11.9. The third-order valence-electron chi connectivity index (χ3n) is 3.20. The van der Waals surface area contributed by atoms with E-state index in [1.165, 1.54) is 37.3 Å². The fraction of sp³-hybridized carbons (Fsp3) is 0.143. The van der Waals surface area contributed by atoms with Crippen molar-refractivity contribution in [1.29, 1.82) is 0 Å². The van der Waals surface area contributed by atoms with Crippen molar-refractivity contribution >= 4 is 21.4 Å². The molecule has 2 rings (SSSR count). The maximum Gasteiger partial charge on any atom is 0.290 e. The first-order chi connectivity index (χ1) is 10.3. The van der Waals surface area contributed by atoms with E-state index in [1.54, 1.807) is 0 Å². The maximum atomic E-state index is 13.8. The minimum absolute atomic E-state index is 0.181. The van der Waals surface area contributed by atoms with Crippen molar-refractivity contribution in [3.05, 3.63) is 64.0 Å². The Bertz CT molecular complexity index is 836. The fourth-order valence-corrected chi connectivity index (χ4v) is 3.65. The summed E-state index contributed by atoms with van der Waals surface area (Å²) in [5, 5.41) is 11.1. The molecule has 2 aromatic rings. The van der Waals surface area contributed by atoms with Crippen LogP contribution in [0.2, 0.25) is 0 Å². The van der Waals surface area contributed by atoms with Crippen molar-refractivity contribution in [1.82, 2.24) is 0 Å². The van der Waals surface area contributed by atoms with Crippen LogP contribution in [0.4, 0.5) is 15.8 Å². The number of rotatable bonds is 4. The normalized spacial score (nSPS) is 11.2. The van der Waals surface area contributed by atoms with E-state index in [-0.39, 0.29) is 11.3 Å². The van der Waals surface area contributed by atoms with Crippen LogP contribution in [0.3, 0.4) is 0 Å². The molecule has 0 N–H and O–H groups in total. The third kappa shape index (κ3) is 2.64. The first-order valence-corrected chi connectivity index (χ1v) is 7.68. The van der Waals surface area contributed by atoms with Crippen molar-refractivity contribution in [3.63, 3.8) is 0 Å². The molecule has 0 atom stereocenters. The Labute approximate surface area is 127 Å². The predicted octanol–water partition coefficient (Wildman–Crippen LogP) is 2.87. The van der Waals surface area contributed by atoms with Gasteiger partial charge < -0.3 is 0 Å². The fourth-order valence-electron chi connectivity index (χ4n) is 2.09. The van der Waals surface area contributed by atoms with E-state index in [9.17, 15) is 22.9 Å². The van der Waals surface area contributed by atoms with Gasteiger partial charge in [-0.15, -0.1) is 0 Å². The number of hydrogen-bond acceptors (Lipinski definition) is 4. The lowest BCUT2D eigenvalue weighted by Crippen LogP contribution is -2.28. The highest BCUT2D eigenvalue weighted by atomic mass is 32.2. The lowest BCUT2D eigenvalue weighted by atomic mass is 10.2. The van der Waals surface area contributed by atoms with Gasteiger partial charge in [-0.05, 0) is 24.6 Å². The van der Waals surface area contributed by atoms with Gasteiger partial charge in [-0.2, -0.15) is 0 Å². The predicted molar refractivity (Wildman–Crippen MR) is 79.8 cm³/mol. The van der Waals surface area contributed by atoms with Crippen molar-refractivity contribution in [2.45, 2.75) is 11.8 Å². The SMILES string of the molecule is Cc1cccc([N+](=O)[O-])c1S(=O)(=O)N(C)c1ccccc1F. The Hall–Kier alpha value is -2.48. The van der Waals surface area contributed by atoms with E-state index in [1.807, 2.05) is 0 Å². The molecule has 0 saturated heterocycles. The minimum Gasteiger partial charge on any atom is -0.266 e. The summed E-state index contributed by atoms with van der Waals surface area (Å²) < 4.78 is 39.9. The summed E-state index contributed by atoms with van der Waals surface area (Å²) in [7, 11) is -3.11. The molecular formula is C14H13FN2O4S. The largest absolute Gasteiger partial charge is 0.290 e. The number of hydrogen-bond donors (Lipinski definition) is 0. The van der Waals surface area contributed by atoms with E-state index >= 15 is 0 Å². The van der Waals surface area contributed by atoms with Crippen LogP contribution in [0.25, 0.3) is 0 Å². The second-order valence-electron chi connectivity index (χ2n) is 4.60. The van der Waals surface area contributed by atoms with E-state index in [4.69, 9.17) is 0 Å². The molecule has 0 spiro atoms. The molecule has 0 aliphatic carbocycles. The molecule has 0 unspecified atom stereocenters. The number of benzene rings is 2. The van der Waals surface area contributed by atoms with Crippen molar-refractivity contribution in [2.75, 3.05) is 11.4 Å². The molecule has 0 amide bonds. The highest BCUT2D eigenvalue weighted by molar-refractivity contribution is 7.93. The van der Waals surface area contributed by atoms with Gasteiger partial charge in [0.25, 0.3) is 15.7 Å². The van der Waals surface area contributed by atoms with Crippen LogP contribution in [-0.4, -0.2) is 20.4 Å². The zero-order chi connectivity index (χ0) is 16.5. The van der Waals surface area contributed by atoms with Crippen LogP contribution < -0.4 is 4.31 Å². The average molecular weight is 324 g/mol. The molecule has 22 heavy (non-hydrogen) atoms. The topological polar surface area (TPSA) is 80.5 Å². The number of anilines is 1. The van der Waals surface area contributed by atoms with Gasteiger partial charge in [0.2, 0.25) is 0 Å². The van der Waals surface area contributed by atoms with Crippen LogP contribution in [0.5, 0.6) is 0 Å². The molecule has 0 bridgehead atoms. The van der Waals surface area contributed by atoms with Crippen molar-refractivity contribution in [3.8, 4) is 0 Å². The highest BCUT2D eigenvalue weighted by Crippen LogP contribution is 2.32. The third-order valence-corrected chi connectivity index (χ3v) is 5.16. The molecule has 8 heteroatoms. The van der Waals surface area contributed by atoms with E-state index in [2.05, 4.69) is 0 Å². The number of nitro benzene ring substituents is 1. The second-order valence-corrected chi connectivity index (χ2v) is 6.51. The molecule has 0 aliphatic rings. The first kappa shape index (κ1) is 15.9. The number of aryl methyl sites for hydroxylation is 1. The smallest absolute Gasteiger partial charge is 0.266 e. The minimum atomic E-state index is -4.27. The molecular weight excluding hydrogens is 311 g/mol. The maximum absolute atomic E-state index is 13.8. The van der Waals surface area contributed by atoms with Gasteiger partial charge in [-0.1, -0.05) is 24.3 Å². The average Bonchev–Trinajstić information content (AvgIpc) is 2.46. The summed E-state index contributed by atoms with van der Waals surface area (Å²) >= 11 is 0. The monoisotopic (exact) mass is 324 g/mol. The van der Waals surface area contributed by atoms with Gasteiger partial charge in [-0.3, -0.25) is 14.4 Å². The van der Waals surface area contributed by atoms with E-state index < -0.39 is 31.3 Å². The zero-order valence-corrected chi connectivity index (χ0v) is 12.7. The van der Waals surface area contributed by atoms with Crippen molar-refractivity contribution in [2.24, 2.45) is 0 Å². The Kier molecular flexibility index (Phi) is 4.14. The number of para-hydroxylation sites is 1. The molecule has 2 aromatic carbocycles. The number of nitrogens with zero attached hydrogens (tertiary/aromatic N) is 2. The Balaban J connectivity index is 2.66. The molecule has 0 aliphatic heterocycles. The summed E-state index contributed by atoms with van der Waals surface area (Å²) in [5.41, 5.74) is -0.499. The number of halogens is 1. The molecule has 0 aromatic heterocycles. The Morgan fingerprint density at radius 1 is 1.14 bits per heavy atom. The first-order valence-electron chi connectivity index (χ1n) is 6.24. The number of nitro groups is 1. The van der Waals surface area contributed by atoms with Gasteiger partial charge in [0, 0.05) is 13.1 Å². The Morgan fingerprint density at radius 3 is 2.36 bits per heavy atom. The standard InChI is InChI=1S/C14H13FN2O4S/c1-10-6-5-9-13(17(18)19)14(10)22(20,21)16(2)12-8-4-3-7-11(12)15/h3-9H,1-2H3. The summed E-state index contributed by atoms with van der Waals surface area (Å²) in [6, 6.07) is 9.27. The van der Waals surface area contributed by atoms with Crippen LogP contribution >= 0.6 is 0 Å². The van der Waals surface area contributed by atoms with E-state index in [0.717, 1.165) is 19.2 Å². The van der Waals surface area contributed by atoms with Crippen LogP contribution in [0, 0.1) is 22.9 Å². The van der Waals surface area contributed by atoms with Crippen LogP contribution in [0.1, 0.15) is 5.56 Å². The second kappa shape index (κ2) is 5.72. The molecule has 0 fully saturated rings. The summed E-state index contributed by atoms with van der Waals surface area (Å²) in [6.45, 7) is 1.45. The molecule has 6 nitrogen and oxygen atoms in total. The van der Waals surface area contributed by atoms with Crippen molar-refractivity contribution < 1.29 is 17.7 Å². The highest BCUT2D eigenvalue weighted by Gasteiger charge is 2.32. The van der Waals surface area contributed by atoms with Gasteiger partial charge in [0.05, 0.1) is 10.6 Å².